The van der Waals surface area contributed by atoms with Crippen LogP contribution in [0.4, 0.5) is 4.39 Å². The molecule has 112 valence electrons. The molecule has 0 saturated carbocycles. The van der Waals surface area contributed by atoms with E-state index in [1.165, 1.54) is 24.8 Å². The highest BCUT2D eigenvalue weighted by atomic mass is 19.1. The summed E-state index contributed by atoms with van der Waals surface area (Å²) in [5.74, 6) is -0.150. The number of nitrogens with one attached hydrogen (secondary N) is 1. The lowest BCUT2D eigenvalue weighted by atomic mass is 10.00. The summed E-state index contributed by atoms with van der Waals surface area (Å²) in [6, 6.07) is 8.11. The van der Waals surface area contributed by atoms with Gasteiger partial charge in [-0.1, -0.05) is 19.1 Å². The SMILES string of the molecule is CCCN(C(C)Cc1ccc(F)cc1)C1CCCNC1. The fraction of sp³-hybridized carbons (Fsp3) is 0.647. The molecule has 1 N–H and O–H groups in total. The summed E-state index contributed by atoms with van der Waals surface area (Å²) >= 11 is 0. The number of hydrogen-bond donors (Lipinski definition) is 1. The van der Waals surface area contributed by atoms with Gasteiger partial charge in [-0.3, -0.25) is 4.90 Å². The molecule has 1 aliphatic heterocycles. The van der Waals surface area contributed by atoms with Crippen molar-refractivity contribution >= 4 is 0 Å². The van der Waals surface area contributed by atoms with Crippen molar-refractivity contribution in [3.63, 3.8) is 0 Å². The quantitative estimate of drug-likeness (QED) is 0.859. The maximum Gasteiger partial charge on any atom is 0.123 e. The molecule has 2 rings (SSSR count). The summed E-state index contributed by atoms with van der Waals surface area (Å²) in [5, 5.41) is 3.51. The molecule has 1 heterocycles. The van der Waals surface area contributed by atoms with Gasteiger partial charge in [-0.05, 0) is 63.4 Å². The second-order valence-electron chi connectivity index (χ2n) is 5.92. The molecule has 0 aromatic heterocycles. The minimum atomic E-state index is -0.150. The Morgan fingerprint density at radius 2 is 2.10 bits per heavy atom. The number of nitrogens with zero attached hydrogens (tertiary/aromatic N) is 1. The summed E-state index contributed by atoms with van der Waals surface area (Å²) < 4.78 is 13.0. The van der Waals surface area contributed by atoms with Gasteiger partial charge in [-0.25, -0.2) is 4.39 Å². The first-order valence-electron chi connectivity index (χ1n) is 7.91. The van der Waals surface area contributed by atoms with Crippen LogP contribution in [0.5, 0.6) is 0 Å². The van der Waals surface area contributed by atoms with Crippen LogP contribution in [0.3, 0.4) is 0 Å². The molecule has 1 aliphatic rings. The first-order valence-corrected chi connectivity index (χ1v) is 7.91. The lowest BCUT2D eigenvalue weighted by Crippen LogP contribution is -2.50. The first-order chi connectivity index (χ1) is 9.70. The molecule has 1 aromatic rings. The minimum Gasteiger partial charge on any atom is -0.315 e. The number of piperidine rings is 1. The monoisotopic (exact) mass is 278 g/mol. The van der Waals surface area contributed by atoms with E-state index in [9.17, 15) is 4.39 Å². The molecule has 0 bridgehead atoms. The van der Waals surface area contributed by atoms with Crippen LogP contribution in [0.25, 0.3) is 0 Å². The molecule has 1 fully saturated rings. The van der Waals surface area contributed by atoms with Crippen LogP contribution in [-0.4, -0.2) is 36.6 Å². The van der Waals surface area contributed by atoms with Gasteiger partial charge in [-0.2, -0.15) is 0 Å². The zero-order valence-corrected chi connectivity index (χ0v) is 12.7. The molecule has 1 saturated heterocycles. The predicted octanol–water partition coefficient (Wildman–Crippen LogP) is 3.22. The maximum atomic E-state index is 13.0. The molecule has 2 atom stereocenters. The number of benzene rings is 1. The number of hydrogen-bond acceptors (Lipinski definition) is 2. The number of halogens is 1. The largest absolute Gasteiger partial charge is 0.315 e. The van der Waals surface area contributed by atoms with Crippen molar-refractivity contribution in [1.29, 1.82) is 0 Å². The van der Waals surface area contributed by atoms with Gasteiger partial charge in [-0.15, -0.1) is 0 Å². The fourth-order valence-corrected chi connectivity index (χ4v) is 3.22. The Morgan fingerprint density at radius 1 is 1.35 bits per heavy atom. The second kappa shape index (κ2) is 7.75. The van der Waals surface area contributed by atoms with Crippen LogP contribution in [0, 0.1) is 5.82 Å². The minimum absolute atomic E-state index is 0.150. The highest BCUT2D eigenvalue weighted by molar-refractivity contribution is 5.17. The van der Waals surface area contributed by atoms with Crippen molar-refractivity contribution in [3.8, 4) is 0 Å². The Hall–Kier alpha value is -0.930. The first kappa shape index (κ1) is 15.5. The van der Waals surface area contributed by atoms with E-state index in [2.05, 4.69) is 24.1 Å². The maximum absolute atomic E-state index is 13.0. The van der Waals surface area contributed by atoms with Gasteiger partial charge in [0.25, 0.3) is 0 Å². The Bertz CT molecular complexity index is 384. The van der Waals surface area contributed by atoms with E-state index in [0.29, 0.717) is 12.1 Å². The van der Waals surface area contributed by atoms with E-state index in [4.69, 9.17) is 0 Å². The lowest BCUT2D eigenvalue weighted by Gasteiger charge is -2.39. The molecule has 20 heavy (non-hydrogen) atoms. The van der Waals surface area contributed by atoms with Crippen LogP contribution in [-0.2, 0) is 6.42 Å². The molecule has 0 radical (unpaired) electrons. The molecular formula is C17H27FN2. The Morgan fingerprint density at radius 3 is 2.70 bits per heavy atom. The standard InChI is InChI=1S/C17H27FN2/c1-3-11-20(17-5-4-10-19-13-17)14(2)12-15-6-8-16(18)9-7-15/h6-9,14,17,19H,3-5,10-13H2,1-2H3. The topological polar surface area (TPSA) is 15.3 Å². The molecule has 3 heteroatoms. The Labute approximate surface area is 122 Å². The molecule has 0 aliphatic carbocycles. The van der Waals surface area contributed by atoms with Crippen LogP contribution < -0.4 is 5.32 Å². The zero-order chi connectivity index (χ0) is 14.4. The third-order valence-corrected chi connectivity index (χ3v) is 4.23. The van der Waals surface area contributed by atoms with E-state index in [1.807, 2.05) is 12.1 Å². The summed E-state index contributed by atoms with van der Waals surface area (Å²) in [5.41, 5.74) is 1.23. The third kappa shape index (κ3) is 4.29. The summed E-state index contributed by atoms with van der Waals surface area (Å²) in [6.45, 7) is 7.95. The summed E-state index contributed by atoms with van der Waals surface area (Å²) in [6.07, 6.45) is 4.75. The normalized spacial score (nSPS) is 21.1. The van der Waals surface area contributed by atoms with Crippen LogP contribution in [0.2, 0.25) is 0 Å². The molecule has 0 amide bonds. The Balaban J connectivity index is 1.98. The zero-order valence-electron chi connectivity index (χ0n) is 12.7. The van der Waals surface area contributed by atoms with Gasteiger partial charge in [0.2, 0.25) is 0 Å². The number of rotatable bonds is 6. The van der Waals surface area contributed by atoms with Crippen molar-refractivity contribution in [2.24, 2.45) is 0 Å². The van der Waals surface area contributed by atoms with E-state index < -0.39 is 0 Å². The van der Waals surface area contributed by atoms with Crippen molar-refractivity contribution in [2.75, 3.05) is 19.6 Å². The van der Waals surface area contributed by atoms with Gasteiger partial charge in [0.05, 0.1) is 0 Å². The third-order valence-electron chi connectivity index (χ3n) is 4.23. The molecule has 2 nitrogen and oxygen atoms in total. The molecular weight excluding hydrogens is 251 g/mol. The average Bonchev–Trinajstić information content (AvgIpc) is 2.48. The average molecular weight is 278 g/mol. The highest BCUT2D eigenvalue weighted by Crippen LogP contribution is 2.17. The van der Waals surface area contributed by atoms with Crippen molar-refractivity contribution in [2.45, 2.75) is 51.6 Å². The Kier molecular flexibility index (Phi) is 5.99. The van der Waals surface area contributed by atoms with E-state index in [1.54, 1.807) is 12.1 Å². The smallest absolute Gasteiger partial charge is 0.123 e. The lowest BCUT2D eigenvalue weighted by molar-refractivity contribution is 0.120. The van der Waals surface area contributed by atoms with Crippen molar-refractivity contribution in [1.82, 2.24) is 10.2 Å². The predicted molar refractivity (Wildman–Crippen MR) is 82.5 cm³/mol. The highest BCUT2D eigenvalue weighted by Gasteiger charge is 2.24. The van der Waals surface area contributed by atoms with E-state index in [-0.39, 0.29) is 5.82 Å². The van der Waals surface area contributed by atoms with Gasteiger partial charge < -0.3 is 5.32 Å². The van der Waals surface area contributed by atoms with Crippen LogP contribution >= 0.6 is 0 Å². The van der Waals surface area contributed by atoms with Crippen molar-refractivity contribution in [3.05, 3.63) is 35.6 Å². The van der Waals surface area contributed by atoms with Gasteiger partial charge in [0.1, 0.15) is 5.82 Å². The van der Waals surface area contributed by atoms with Crippen LogP contribution in [0.1, 0.15) is 38.7 Å². The fourth-order valence-electron chi connectivity index (χ4n) is 3.22. The van der Waals surface area contributed by atoms with Gasteiger partial charge >= 0.3 is 0 Å². The van der Waals surface area contributed by atoms with E-state index >= 15 is 0 Å². The van der Waals surface area contributed by atoms with Crippen molar-refractivity contribution < 1.29 is 4.39 Å². The molecule has 1 aromatic carbocycles. The summed E-state index contributed by atoms with van der Waals surface area (Å²) in [7, 11) is 0. The van der Waals surface area contributed by atoms with Crippen LogP contribution in [0.15, 0.2) is 24.3 Å². The molecule has 2 unspecified atom stereocenters. The van der Waals surface area contributed by atoms with Gasteiger partial charge in [0.15, 0.2) is 0 Å². The van der Waals surface area contributed by atoms with E-state index in [0.717, 1.165) is 26.1 Å². The summed E-state index contributed by atoms with van der Waals surface area (Å²) in [4.78, 5) is 2.63. The van der Waals surface area contributed by atoms with Gasteiger partial charge in [0, 0.05) is 18.6 Å². The molecule has 0 spiro atoms. The second-order valence-corrected chi connectivity index (χ2v) is 5.92.